The molecule has 1 aliphatic heterocycles. The lowest BCUT2D eigenvalue weighted by molar-refractivity contribution is 0.370. The van der Waals surface area contributed by atoms with Gasteiger partial charge in [0, 0.05) is 10.9 Å². The Hall–Kier alpha value is -3.31. The lowest BCUT2D eigenvalue weighted by Crippen LogP contribution is -2.21. The number of allylic oxidation sites excluding steroid dienone is 1. The van der Waals surface area contributed by atoms with Crippen LogP contribution in [-0.4, -0.2) is 6.61 Å². The molecule has 4 nitrogen and oxygen atoms in total. The molecule has 0 aliphatic carbocycles. The largest absolute Gasteiger partial charge is 0.478 e. The second-order valence-corrected chi connectivity index (χ2v) is 7.25. The summed E-state index contributed by atoms with van der Waals surface area (Å²) in [5.41, 5.74) is 7.91. The van der Waals surface area contributed by atoms with Gasteiger partial charge < -0.3 is 15.2 Å². The molecule has 4 rings (SSSR count). The number of fused-ring (bicyclic) bond motifs is 3. The zero-order chi connectivity index (χ0) is 20.5. The Morgan fingerprint density at radius 2 is 1.86 bits per heavy atom. The molecular formula is C23H14Cl2N2O2. The highest BCUT2D eigenvalue weighted by Gasteiger charge is 2.32. The molecule has 2 N–H and O–H groups in total. The Morgan fingerprint density at radius 1 is 1.14 bits per heavy atom. The van der Waals surface area contributed by atoms with Gasteiger partial charge in [-0.3, -0.25) is 0 Å². The van der Waals surface area contributed by atoms with Crippen LogP contribution in [0.5, 0.6) is 11.5 Å². The minimum atomic E-state index is -0.481. The molecular weight excluding hydrogens is 407 g/mol. The van der Waals surface area contributed by atoms with Gasteiger partial charge in [-0.2, -0.15) is 5.26 Å². The normalized spacial score (nSPS) is 15.2. The molecule has 0 aromatic heterocycles. The van der Waals surface area contributed by atoms with E-state index in [0.29, 0.717) is 27.1 Å². The number of nitrogens with two attached hydrogens (primary N) is 1. The van der Waals surface area contributed by atoms with Gasteiger partial charge in [-0.05, 0) is 23.1 Å². The Labute approximate surface area is 178 Å². The van der Waals surface area contributed by atoms with Crippen molar-refractivity contribution in [2.45, 2.75) is 5.92 Å². The molecule has 0 saturated carbocycles. The summed E-state index contributed by atoms with van der Waals surface area (Å²) in [7, 11) is 0. The number of nitrogens with zero attached hydrogens (tertiary/aromatic N) is 1. The number of hydrogen-bond acceptors (Lipinski definition) is 4. The summed E-state index contributed by atoms with van der Waals surface area (Å²) in [5.74, 6) is 2.87. The second kappa shape index (κ2) is 7.60. The number of terminal acetylenes is 1. The van der Waals surface area contributed by atoms with Crippen molar-refractivity contribution in [3.8, 4) is 29.9 Å². The van der Waals surface area contributed by atoms with Crippen LogP contribution in [0.25, 0.3) is 10.8 Å². The quantitative estimate of drug-likeness (QED) is 0.577. The monoisotopic (exact) mass is 420 g/mol. The van der Waals surface area contributed by atoms with Crippen molar-refractivity contribution in [2.75, 3.05) is 6.61 Å². The predicted molar refractivity (Wildman–Crippen MR) is 114 cm³/mol. The van der Waals surface area contributed by atoms with E-state index in [-0.39, 0.29) is 18.1 Å². The van der Waals surface area contributed by atoms with E-state index >= 15 is 0 Å². The number of halogens is 2. The minimum Gasteiger partial charge on any atom is -0.478 e. The first-order valence-electron chi connectivity index (χ1n) is 8.69. The van der Waals surface area contributed by atoms with E-state index in [1.54, 1.807) is 12.1 Å². The zero-order valence-electron chi connectivity index (χ0n) is 15.1. The van der Waals surface area contributed by atoms with E-state index in [1.807, 2.05) is 36.4 Å². The van der Waals surface area contributed by atoms with E-state index in [1.165, 1.54) is 0 Å². The third-order valence-electron chi connectivity index (χ3n) is 4.76. The highest BCUT2D eigenvalue weighted by Crippen LogP contribution is 2.47. The Kier molecular flexibility index (Phi) is 4.99. The third-order valence-corrected chi connectivity index (χ3v) is 5.32. The van der Waals surface area contributed by atoms with Crippen LogP contribution < -0.4 is 15.2 Å². The average Bonchev–Trinajstić information content (AvgIpc) is 2.72. The first kappa shape index (κ1) is 19.0. The molecule has 0 amide bonds. The van der Waals surface area contributed by atoms with Gasteiger partial charge in [0.15, 0.2) is 5.75 Å². The van der Waals surface area contributed by atoms with Gasteiger partial charge in [0.2, 0.25) is 5.88 Å². The summed E-state index contributed by atoms with van der Waals surface area (Å²) in [4.78, 5) is 0. The van der Waals surface area contributed by atoms with E-state index < -0.39 is 5.92 Å². The van der Waals surface area contributed by atoms with Gasteiger partial charge >= 0.3 is 0 Å². The van der Waals surface area contributed by atoms with Crippen molar-refractivity contribution >= 4 is 34.0 Å². The first-order chi connectivity index (χ1) is 14.0. The molecule has 0 radical (unpaired) electrons. The van der Waals surface area contributed by atoms with Crippen LogP contribution in [0.4, 0.5) is 0 Å². The molecule has 0 bridgehead atoms. The van der Waals surface area contributed by atoms with Crippen molar-refractivity contribution in [3.63, 3.8) is 0 Å². The fourth-order valence-electron chi connectivity index (χ4n) is 3.53. The highest BCUT2D eigenvalue weighted by atomic mass is 35.5. The van der Waals surface area contributed by atoms with Gasteiger partial charge in [0.05, 0.1) is 16.0 Å². The fraction of sp³-hybridized carbons (Fsp3) is 0.0870. The second-order valence-electron chi connectivity index (χ2n) is 6.44. The molecule has 29 heavy (non-hydrogen) atoms. The van der Waals surface area contributed by atoms with Crippen LogP contribution in [0, 0.1) is 23.7 Å². The van der Waals surface area contributed by atoms with Crippen LogP contribution in [0.1, 0.15) is 17.0 Å². The molecule has 0 spiro atoms. The molecule has 142 valence electrons. The van der Waals surface area contributed by atoms with Crippen LogP contribution in [-0.2, 0) is 0 Å². The SMILES string of the molecule is C#CCOc1c(Cl)cc([C@H]2C(C#N)=C(N)Oc3c2ccc2ccccc32)cc1Cl. The van der Waals surface area contributed by atoms with Crippen molar-refractivity contribution in [1.29, 1.82) is 5.26 Å². The maximum atomic E-state index is 9.76. The van der Waals surface area contributed by atoms with Crippen LogP contribution in [0.2, 0.25) is 10.0 Å². The molecule has 0 unspecified atom stereocenters. The molecule has 0 fully saturated rings. The van der Waals surface area contributed by atoms with Crippen molar-refractivity contribution < 1.29 is 9.47 Å². The Bertz CT molecular complexity index is 1230. The topological polar surface area (TPSA) is 68.3 Å². The van der Waals surface area contributed by atoms with Crippen LogP contribution in [0.3, 0.4) is 0 Å². The van der Waals surface area contributed by atoms with E-state index in [2.05, 4.69) is 12.0 Å². The van der Waals surface area contributed by atoms with Crippen LogP contribution in [0.15, 0.2) is 60.0 Å². The number of ether oxygens (including phenoxy) is 2. The van der Waals surface area contributed by atoms with E-state index in [4.69, 9.17) is 44.8 Å². The lowest BCUT2D eigenvalue weighted by atomic mass is 9.82. The van der Waals surface area contributed by atoms with Gasteiger partial charge in [0.25, 0.3) is 0 Å². The van der Waals surface area contributed by atoms with Gasteiger partial charge in [-0.25, -0.2) is 0 Å². The van der Waals surface area contributed by atoms with Gasteiger partial charge in [0.1, 0.15) is 24.0 Å². The maximum Gasteiger partial charge on any atom is 0.205 e. The summed E-state index contributed by atoms with van der Waals surface area (Å²) in [6.45, 7) is 0.0428. The first-order valence-corrected chi connectivity index (χ1v) is 9.45. The standard InChI is InChI=1S/C23H14Cl2N2O2/c1-2-9-28-22-18(24)10-14(11-19(22)25)20-16-8-7-13-5-3-4-6-15(13)21(16)29-23(27)17(20)12-26/h1,3-8,10-11,20H,9,27H2/t20-/m1/s1. The van der Waals surface area contributed by atoms with Gasteiger partial charge in [-0.1, -0.05) is 65.5 Å². The van der Waals surface area contributed by atoms with Crippen molar-refractivity contribution in [2.24, 2.45) is 5.73 Å². The van der Waals surface area contributed by atoms with Crippen molar-refractivity contribution in [3.05, 3.63) is 81.2 Å². The summed E-state index contributed by atoms with van der Waals surface area (Å²) >= 11 is 12.8. The fourth-order valence-corrected chi connectivity index (χ4v) is 4.14. The van der Waals surface area contributed by atoms with Crippen LogP contribution >= 0.6 is 23.2 Å². The van der Waals surface area contributed by atoms with E-state index in [0.717, 1.165) is 16.3 Å². The Balaban J connectivity index is 1.93. The average molecular weight is 421 g/mol. The highest BCUT2D eigenvalue weighted by molar-refractivity contribution is 6.37. The molecule has 3 aromatic rings. The molecule has 6 heteroatoms. The summed E-state index contributed by atoms with van der Waals surface area (Å²) in [5, 5.41) is 12.3. The molecule has 1 aliphatic rings. The number of nitriles is 1. The lowest BCUT2D eigenvalue weighted by Gasteiger charge is -2.28. The molecule has 0 saturated heterocycles. The Morgan fingerprint density at radius 3 is 2.55 bits per heavy atom. The summed E-state index contributed by atoms with van der Waals surface area (Å²) in [6, 6.07) is 17.3. The molecule has 1 heterocycles. The third kappa shape index (κ3) is 3.23. The summed E-state index contributed by atoms with van der Waals surface area (Å²) < 4.78 is 11.3. The zero-order valence-corrected chi connectivity index (χ0v) is 16.6. The van der Waals surface area contributed by atoms with E-state index in [9.17, 15) is 5.26 Å². The minimum absolute atomic E-state index is 0.0428. The maximum absolute atomic E-state index is 9.76. The number of benzene rings is 3. The predicted octanol–water partition coefficient (Wildman–Crippen LogP) is 5.38. The number of rotatable bonds is 3. The number of hydrogen-bond donors (Lipinski definition) is 1. The van der Waals surface area contributed by atoms with Crippen molar-refractivity contribution in [1.82, 2.24) is 0 Å². The molecule has 1 atom stereocenters. The smallest absolute Gasteiger partial charge is 0.205 e. The summed E-state index contributed by atoms with van der Waals surface area (Å²) in [6.07, 6.45) is 5.24. The van der Waals surface area contributed by atoms with Gasteiger partial charge in [-0.15, -0.1) is 6.42 Å². The molecule has 3 aromatic carbocycles.